The summed E-state index contributed by atoms with van der Waals surface area (Å²) in [6.07, 6.45) is 3.96. The lowest BCUT2D eigenvalue weighted by Gasteiger charge is -2.31. The van der Waals surface area contributed by atoms with Crippen molar-refractivity contribution in [3.8, 4) is 0 Å². The van der Waals surface area contributed by atoms with Gasteiger partial charge in [0.2, 0.25) is 0 Å². The molecule has 1 aliphatic heterocycles. The van der Waals surface area contributed by atoms with Crippen LogP contribution in [0, 0.1) is 17.8 Å². The molecule has 3 unspecified atom stereocenters. The highest BCUT2D eigenvalue weighted by Gasteiger charge is 2.35. The Bertz CT molecular complexity index is 138. The maximum atomic E-state index is 9.11. The van der Waals surface area contributed by atoms with Crippen molar-refractivity contribution in [2.75, 3.05) is 19.7 Å². The second kappa shape index (κ2) is 3.11. The zero-order chi connectivity index (χ0) is 7.68. The number of aliphatic hydroxyl groups excluding tert-OH is 1. The lowest BCUT2D eigenvalue weighted by Crippen LogP contribution is -2.29. The zero-order valence-electron chi connectivity index (χ0n) is 6.92. The fourth-order valence-corrected chi connectivity index (χ4v) is 2.70. The molecule has 0 radical (unpaired) electrons. The van der Waals surface area contributed by atoms with Crippen LogP contribution in [-0.4, -0.2) is 24.8 Å². The molecule has 2 rings (SSSR count). The average Bonchev–Trinajstić information content (AvgIpc) is 2.50. The lowest BCUT2D eigenvalue weighted by atomic mass is 9.74. The van der Waals surface area contributed by atoms with Crippen LogP contribution in [0.25, 0.3) is 0 Å². The minimum absolute atomic E-state index is 0.406. The summed E-state index contributed by atoms with van der Waals surface area (Å²) in [5.74, 6) is 2.26. The molecule has 2 fully saturated rings. The van der Waals surface area contributed by atoms with Crippen molar-refractivity contribution >= 4 is 0 Å². The first-order valence-corrected chi connectivity index (χ1v) is 4.73. The molecule has 1 heterocycles. The largest absolute Gasteiger partial charge is 0.396 e. The Morgan fingerprint density at radius 2 is 2.18 bits per heavy atom. The molecule has 2 nitrogen and oxygen atoms in total. The lowest BCUT2D eigenvalue weighted by molar-refractivity contribution is 0.118. The van der Waals surface area contributed by atoms with Gasteiger partial charge < -0.3 is 10.4 Å². The van der Waals surface area contributed by atoms with E-state index >= 15 is 0 Å². The van der Waals surface area contributed by atoms with E-state index in [0.29, 0.717) is 12.5 Å². The molecular formula is C9H17NO. The molecule has 64 valence electrons. The van der Waals surface area contributed by atoms with Crippen LogP contribution in [0.4, 0.5) is 0 Å². The number of hydrogen-bond donors (Lipinski definition) is 2. The number of nitrogens with one attached hydrogen (secondary N) is 1. The Morgan fingerprint density at radius 1 is 1.27 bits per heavy atom. The Morgan fingerprint density at radius 3 is 3.00 bits per heavy atom. The zero-order valence-corrected chi connectivity index (χ0v) is 6.92. The second-order valence-corrected chi connectivity index (χ2v) is 3.96. The first kappa shape index (κ1) is 7.56. The van der Waals surface area contributed by atoms with Gasteiger partial charge in [-0.15, -0.1) is 0 Å². The van der Waals surface area contributed by atoms with Crippen LogP contribution in [-0.2, 0) is 0 Å². The van der Waals surface area contributed by atoms with Crippen molar-refractivity contribution in [3.63, 3.8) is 0 Å². The fraction of sp³-hybridized carbons (Fsp3) is 1.00. The van der Waals surface area contributed by atoms with Gasteiger partial charge in [-0.25, -0.2) is 0 Å². The molecule has 11 heavy (non-hydrogen) atoms. The van der Waals surface area contributed by atoms with Gasteiger partial charge in [-0.05, 0) is 43.7 Å². The smallest absolute Gasteiger partial charge is 0.0462 e. The van der Waals surface area contributed by atoms with Gasteiger partial charge in [-0.3, -0.25) is 0 Å². The molecule has 0 spiro atoms. The van der Waals surface area contributed by atoms with Gasteiger partial charge >= 0.3 is 0 Å². The molecule has 0 aromatic heterocycles. The molecule has 0 amide bonds. The maximum Gasteiger partial charge on any atom is 0.0462 e. The first-order valence-electron chi connectivity index (χ1n) is 4.73. The summed E-state index contributed by atoms with van der Waals surface area (Å²) in [5.41, 5.74) is 0. The van der Waals surface area contributed by atoms with Gasteiger partial charge in [0.25, 0.3) is 0 Å². The molecular weight excluding hydrogens is 138 g/mol. The summed E-state index contributed by atoms with van der Waals surface area (Å²) >= 11 is 0. The first-order chi connectivity index (χ1) is 5.42. The Balaban J connectivity index is 2.00. The molecule has 1 aliphatic carbocycles. The molecule has 0 bridgehead atoms. The van der Waals surface area contributed by atoms with E-state index in [-0.39, 0.29) is 0 Å². The number of fused-ring (bicyclic) bond motifs is 1. The third-order valence-corrected chi connectivity index (χ3v) is 3.38. The molecule has 2 N–H and O–H groups in total. The van der Waals surface area contributed by atoms with E-state index in [1.165, 1.54) is 25.8 Å². The molecule has 1 saturated heterocycles. The summed E-state index contributed by atoms with van der Waals surface area (Å²) in [6, 6.07) is 0. The molecule has 0 aromatic rings. The second-order valence-electron chi connectivity index (χ2n) is 3.96. The van der Waals surface area contributed by atoms with Gasteiger partial charge in [-0.1, -0.05) is 6.42 Å². The highest BCUT2D eigenvalue weighted by Crippen LogP contribution is 2.36. The van der Waals surface area contributed by atoms with Crippen LogP contribution in [0.1, 0.15) is 19.3 Å². The molecule has 2 heteroatoms. The predicted molar refractivity (Wildman–Crippen MR) is 44.3 cm³/mol. The van der Waals surface area contributed by atoms with E-state index in [9.17, 15) is 0 Å². The van der Waals surface area contributed by atoms with Crippen molar-refractivity contribution in [2.45, 2.75) is 19.3 Å². The highest BCUT2D eigenvalue weighted by molar-refractivity contribution is 4.88. The van der Waals surface area contributed by atoms with Crippen molar-refractivity contribution in [1.29, 1.82) is 0 Å². The SMILES string of the molecule is OCC1CCCC2CNCC12. The third-order valence-electron chi connectivity index (χ3n) is 3.38. The summed E-state index contributed by atoms with van der Waals surface area (Å²) in [5, 5.41) is 12.5. The van der Waals surface area contributed by atoms with Crippen LogP contribution < -0.4 is 5.32 Å². The Kier molecular flexibility index (Phi) is 2.14. The van der Waals surface area contributed by atoms with E-state index in [2.05, 4.69) is 5.32 Å². The van der Waals surface area contributed by atoms with Crippen LogP contribution in [0.5, 0.6) is 0 Å². The van der Waals surface area contributed by atoms with Crippen LogP contribution >= 0.6 is 0 Å². The number of rotatable bonds is 1. The van der Waals surface area contributed by atoms with Crippen molar-refractivity contribution in [1.82, 2.24) is 5.32 Å². The average molecular weight is 155 g/mol. The summed E-state index contributed by atoms with van der Waals surface area (Å²) < 4.78 is 0. The summed E-state index contributed by atoms with van der Waals surface area (Å²) in [4.78, 5) is 0. The Hall–Kier alpha value is -0.0800. The van der Waals surface area contributed by atoms with Crippen LogP contribution in [0.2, 0.25) is 0 Å². The quantitative estimate of drug-likeness (QED) is 0.581. The minimum Gasteiger partial charge on any atom is -0.396 e. The van der Waals surface area contributed by atoms with Crippen molar-refractivity contribution < 1.29 is 5.11 Å². The van der Waals surface area contributed by atoms with E-state index in [0.717, 1.165) is 18.4 Å². The molecule has 3 atom stereocenters. The normalized spacial score (nSPS) is 43.9. The van der Waals surface area contributed by atoms with Gasteiger partial charge in [-0.2, -0.15) is 0 Å². The minimum atomic E-state index is 0.406. The maximum absolute atomic E-state index is 9.11. The number of hydrogen-bond acceptors (Lipinski definition) is 2. The third kappa shape index (κ3) is 1.30. The van der Waals surface area contributed by atoms with Gasteiger partial charge in [0.15, 0.2) is 0 Å². The van der Waals surface area contributed by atoms with E-state index < -0.39 is 0 Å². The van der Waals surface area contributed by atoms with Gasteiger partial charge in [0, 0.05) is 6.61 Å². The highest BCUT2D eigenvalue weighted by atomic mass is 16.3. The standard InChI is InChI=1S/C9H17NO/c11-6-8-3-1-2-7-4-10-5-9(7)8/h7-11H,1-6H2. The predicted octanol–water partition coefficient (Wildman–Crippen LogP) is 0.614. The summed E-state index contributed by atoms with van der Waals surface area (Å²) in [7, 11) is 0. The topological polar surface area (TPSA) is 32.3 Å². The molecule has 1 saturated carbocycles. The number of aliphatic hydroxyl groups is 1. The van der Waals surface area contributed by atoms with E-state index in [1.54, 1.807) is 0 Å². The Labute approximate surface area is 68.0 Å². The van der Waals surface area contributed by atoms with Gasteiger partial charge in [0.05, 0.1) is 0 Å². The van der Waals surface area contributed by atoms with E-state index in [4.69, 9.17) is 5.11 Å². The molecule has 2 aliphatic rings. The summed E-state index contributed by atoms with van der Waals surface area (Å²) in [6.45, 7) is 2.75. The molecule has 0 aromatic carbocycles. The van der Waals surface area contributed by atoms with E-state index in [1.807, 2.05) is 0 Å². The van der Waals surface area contributed by atoms with Crippen LogP contribution in [0.15, 0.2) is 0 Å². The fourth-order valence-electron chi connectivity index (χ4n) is 2.70. The van der Waals surface area contributed by atoms with Crippen molar-refractivity contribution in [2.24, 2.45) is 17.8 Å². The van der Waals surface area contributed by atoms with Crippen molar-refractivity contribution in [3.05, 3.63) is 0 Å². The van der Waals surface area contributed by atoms with Gasteiger partial charge in [0.1, 0.15) is 0 Å². The van der Waals surface area contributed by atoms with Crippen LogP contribution in [0.3, 0.4) is 0 Å². The monoisotopic (exact) mass is 155 g/mol.